The summed E-state index contributed by atoms with van der Waals surface area (Å²) in [4.78, 5) is -0.166. The normalized spacial score (nSPS) is 15.2. The zero-order valence-corrected chi connectivity index (χ0v) is 11.8. The van der Waals surface area contributed by atoms with Gasteiger partial charge in [0.1, 0.15) is 0 Å². The summed E-state index contributed by atoms with van der Waals surface area (Å²) in [7, 11) is 0. The number of hydrogen-bond donors (Lipinski definition) is 0. The van der Waals surface area contributed by atoms with E-state index in [9.17, 15) is 26.3 Å². The standard InChI is InChI=1S/C9H6BrClF6S/c1-3-2-4(18-7(3)10)5(11)6(8(12,13)14)9(15,16)17/h2,5-6H,1H3. The van der Waals surface area contributed by atoms with Crippen LogP contribution < -0.4 is 0 Å². The molecule has 0 aromatic carbocycles. The van der Waals surface area contributed by atoms with E-state index in [0.717, 1.165) is 11.3 Å². The van der Waals surface area contributed by atoms with Crippen molar-refractivity contribution in [1.29, 1.82) is 0 Å². The van der Waals surface area contributed by atoms with E-state index >= 15 is 0 Å². The van der Waals surface area contributed by atoms with Crippen LogP contribution in [0.2, 0.25) is 0 Å². The van der Waals surface area contributed by atoms with E-state index < -0.39 is 23.6 Å². The molecule has 1 atom stereocenters. The third kappa shape index (κ3) is 3.54. The Kier molecular flexibility index (Phi) is 4.66. The lowest BCUT2D eigenvalue weighted by Crippen LogP contribution is -2.39. The lowest BCUT2D eigenvalue weighted by atomic mass is 10.0. The van der Waals surface area contributed by atoms with Crippen molar-refractivity contribution < 1.29 is 26.3 Å². The Morgan fingerprint density at radius 1 is 1.17 bits per heavy atom. The Labute approximate surface area is 116 Å². The topological polar surface area (TPSA) is 0 Å². The molecule has 0 bridgehead atoms. The molecule has 1 unspecified atom stereocenters. The predicted molar refractivity (Wildman–Crippen MR) is 61.0 cm³/mol. The molecule has 1 aromatic heterocycles. The highest BCUT2D eigenvalue weighted by Gasteiger charge is 2.60. The Morgan fingerprint density at radius 2 is 1.61 bits per heavy atom. The summed E-state index contributed by atoms with van der Waals surface area (Å²) in [5.74, 6) is -3.57. The van der Waals surface area contributed by atoms with Gasteiger partial charge >= 0.3 is 12.4 Å². The molecule has 0 saturated heterocycles. The fourth-order valence-corrected chi connectivity index (χ4v) is 3.37. The number of rotatable bonds is 2. The van der Waals surface area contributed by atoms with Gasteiger partial charge in [-0.05, 0) is 34.5 Å². The Morgan fingerprint density at radius 3 is 1.89 bits per heavy atom. The van der Waals surface area contributed by atoms with Gasteiger partial charge in [0.2, 0.25) is 0 Å². The molecule has 9 heteroatoms. The molecule has 0 nitrogen and oxygen atoms in total. The SMILES string of the molecule is Cc1cc(C(Cl)C(C(F)(F)F)C(F)(F)F)sc1Br. The summed E-state index contributed by atoms with van der Waals surface area (Å²) in [5.41, 5.74) is 0.545. The van der Waals surface area contributed by atoms with Crippen LogP contribution in [0.4, 0.5) is 26.3 Å². The van der Waals surface area contributed by atoms with Crippen molar-refractivity contribution in [2.75, 3.05) is 0 Å². The molecule has 0 aliphatic rings. The predicted octanol–water partition coefficient (Wildman–Crippen LogP) is 5.84. The maximum Gasteiger partial charge on any atom is 0.402 e. The van der Waals surface area contributed by atoms with Crippen LogP contribution in [-0.4, -0.2) is 12.4 Å². The van der Waals surface area contributed by atoms with Crippen molar-refractivity contribution in [2.24, 2.45) is 5.92 Å². The lowest BCUT2D eigenvalue weighted by Gasteiger charge is -2.26. The number of alkyl halides is 7. The van der Waals surface area contributed by atoms with Crippen LogP contribution in [0.25, 0.3) is 0 Å². The molecule has 0 spiro atoms. The van der Waals surface area contributed by atoms with E-state index in [-0.39, 0.29) is 4.88 Å². The van der Waals surface area contributed by atoms with Crippen LogP contribution >= 0.6 is 38.9 Å². The molecule has 1 aromatic rings. The highest BCUT2D eigenvalue weighted by atomic mass is 79.9. The molecule has 1 heterocycles. The molecule has 0 aliphatic heterocycles. The third-order valence-electron chi connectivity index (χ3n) is 2.15. The molecule has 1 rings (SSSR count). The number of halogens is 8. The second kappa shape index (κ2) is 5.20. The monoisotopic (exact) mass is 374 g/mol. The number of thiophene rings is 1. The molecule has 0 amide bonds. The van der Waals surface area contributed by atoms with Crippen LogP contribution in [0.15, 0.2) is 9.85 Å². The van der Waals surface area contributed by atoms with Gasteiger partial charge in [-0.2, -0.15) is 26.3 Å². The van der Waals surface area contributed by atoms with Crippen LogP contribution in [0.5, 0.6) is 0 Å². The second-order valence-electron chi connectivity index (χ2n) is 3.57. The molecule has 0 saturated carbocycles. The summed E-state index contributed by atoms with van der Waals surface area (Å²) in [6.45, 7) is 1.56. The van der Waals surface area contributed by atoms with Gasteiger partial charge in [-0.15, -0.1) is 22.9 Å². The van der Waals surface area contributed by atoms with Gasteiger partial charge in [-0.3, -0.25) is 0 Å². The highest BCUT2D eigenvalue weighted by molar-refractivity contribution is 9.11. The van der Waals surface area contributed by atoms with E-state index in [1.165, 1.54) is 6.07 Å². The first kappa shape index (κ1) is 16.1. The summed E-state index contributed by atoms with van der Waals surface area (Å²) in [5, 5.41) is -2.18. The maximum atomic E-state index is 12.4. The molecule has 0 radical (unpaired) electrons. The summed E-state index contributed by atoms with van der Waals surface area (Å²) in [6.07, 6.45) is -10.9. The Bertz CT molecular complexity index is 390. The van der Waals surface area contributed by atoms with Crippen LogP contribution in [0, 0.1) is 12.8 Å². The van der Waals surface area contributed by atoms with E-state index in [4.69, 9.17) is 11.6 Å². The third-order valence-corrected chi connectivity index (χ3v) is 4.98. The van der Waals surface area contributed by atoms with Gasteiger partial charge in [0.05, 0.1) is 9.16 Å². The molecular formula is C9H6BrClF6S. The smallest absolute Gasteiger partial charge is 0.170 e. The maximum absolute atomic E-state index is 12.4. The molecule has 0 aliphatic carbocycles. The minimum atomic E-state index is -5.44. The van der Waals surface area contributed by atoms with Crippen molar-refractivity contribution in [3.63, 3.8) is 0 Å². The molecule has 18 heavy (non-hydrogen) atoms. The van der Waals surface area contributed by atoms with Gasteiger partial charge < -0.3 is 0 Å². The average Bonchev–Trinajstić information content (AvgIpc) is 2.41. The minimum absolute atomic E-state index is 0.166. The van der Waals surface area contributed by atoms with Crippen molar-refractivity contribution >= 4 is 38.9 Å². The molecule has 0 N–H and O–H groups in total. The van der Waals surface area contributed by atoms with Crippen molar-refractivity contribution in [3.05, 3.63) is 20.3 Å². The summed E-state index contributed by atoms with van der Waals surface area (Å²) < 4.78 is 75.2. The van der Waals surface area contributed by atoms with E-state index in [2.05, 4.69) is 15.9 Å². The summed E-state index contributed by atoms with van der Waals surface area (Å²) in [6, 6.07) is 1.22. The van der Waals surface area contributed by atoms with Crippen LogP contribution in [0.1, 0.15) is 15.8 Å². The number of aryl methyl sites for hydroxylation is 1. The van der Waals surface area contributed by atoms with Gasteiger partial charge in [0, 0.05) is 4.88 Å². The van der Waals surface area contributed by atoms with Gasteiger partial charge in [-0.1, -0.05) is 0 Å². The first-order valence-corrected chi connectivity index (χ1v) is 6.52. The highest BCUT2D eigenvalue weighted by Crippen LogP contribution is 2.51. The van der Waals surface area contributed by atoms with Crippen LogP contribution in [-0.2, 0) is 0 Å². The van der Waals surface area contributed by atoms with Gasteiger partial charge in [-0.25, -0.2) is 0 Å². The average molecular weight is 376 g/mol. The van der Waals surface area contributed by atoms with E-state index in [0.29, 0.717) is 9.35 Å². The largest absolute Gasteiger partial charge is 0.402 e. The van der Waals surface area contributed by atoms with E-state index in [1.807, 2.05) is 0 Å². The van der Waals surface area contributed by atoms with Crippen molar-refractivity contribution in [3.8, 4) is 0 Å². The Hall–Kier alpha value is 0.0500. The fraction of sp³-hybridized carbons (Fsp3) is 0.556. The van der Waals surface area contributed by atoms with Gasteiger partial charge in [0.15, 0.2) is 5.92 Å². The zero-order chi connectivity index (χ0) is 14.3. The quantitative estimate of drug-likeness (QED) is 0.450. The summed E-state index contributed by atoms with van der Waals surface area (Å²) >= 11 is 9.18. The first-order chi connectivity index (χ1) is 7.94. The Balaban J connectivity index is 3.15. The lowest BCUT2D eigenvalue weighted by molar-refractivity contribution is -0.284. The molecule has 0 fully saturated rings. The van der Waals surface area contributed by atoms with Crippen molar-refractivity contribution in [2.45, 2.75) is 24.7 Å². The minimum Gasteiger partial charge on any atom is -0.170 e. The zero-order valence-electron chi connectivity index (χ0n) is 8.66. The number of hydrogen-bond acceptors (Lipinski definition) is 1. The van der Waals surface area contributed by atoms with E-state index in [1.54, 1.807) is 6.92 Å². The molecule has 104 valence electrons. The second-order valence-corrected chi connectivity index (χ2v) is 6.44. The molecular weight excluding hydrogens is 370 g/mol. The first-order valence-electron chi connectivity index (χ1n) is 4.48. The van der Waals surface area contributed by atoms with Crippen LogP contribution in [0.3, 0.4) is 0 Å². The fourth-order valence-electron chi connectivity index (χ4n) is 1.30. The van der Waals surface area contributed by atoms with Gasteiger partial charge in [0.25, 0.3) is 0 Å². The van der Waals surface area contributed by atoms with Crippen molar-refractivity contribution in [1.82, 2.24) is 0 Å².